The molecule has 1 unspecified atom stereocenters. The van der Waals surface area contributed by atoms with Crippen molar-refractivity contribution in [2.75, 3.05) is 5.73 Å². The molecule has 3 N–H and O–H groups in total. The first-order valence-corrected chi connectivity index (χ1v) is 4.84. The first-order valence-electron chi connectivity index (χ1n) is 4.84. The third-order valence-corrected chi connectivity index (χ3v) is 2.19. The maximum Gasteiger partial charge on any atom is 0.162 e. The number of aromatic nitrogens is 3. The lowest BCUT2D eigenvalue weighted by Crippen LogP contribution is -2.11. The monoisotopic (exact) mass is 206 g/mol. The van der Waals surface area contributed by atoms with Crippen LogP contribution in [0.3, 0.4) is 0 Å². The third-order valence-electron chi connectivity index (χ3n) is 2.19. The Hall–Kier alpha value is -1.62. The molecule has 0 aliphatic carbocycles. The number of nitrogens with two attached hydrogens (primary N) is 1. The van der Waals surface area contributed by atoms with Crippen molar-refractivity contribution in [3.63, 3.8) is 0 Å². The fourth-order valence-corrected chi connectivity index (χ4v) is 1.61. The van der Waals surface area contributed by atoms with Gasteiger partial charge in [-0.2, -0.15) is 0 Å². The van der Waals surface area contributed by atoms with Gasteiger partial charge in [0.2, 0.25) is 0 Å². The molecule has 2 heterocycles. The molecule has 2 aromatic heterocycles. The highest BCUT2D eigenvalue weighted by Gasteiger charge is 2.09. The summed E-state index contributed by atoms with van der Waals surface area (Å²) in [6, 6.07) is 1.79. The number of hydrogen-bond acceptors (Lipinski definition) is 4. The van der Waals surface area contributed by atoms with E-state index in [1.165, 1.54) is 0 Å². The van der Waals surface area contributed by atoms with Crippen molar-refractivity contribution in [2.24, 2.45) is 0 Å². The molecule has 2 aromatic rings. The summed E-state index contributed by atoms with van der Waals surface area (Å²) in [5.74, 6) is 0. The molecular formula is C10H14N4O. The highest BCUT2D eigenvalue weighted by molar-refractivity contribution is 5.84. The predicted molar refractivity (Wildman–Crippen MR) is 58.4 cm³/mol. The van der Waals surface area contributed by atoms with Crippen molar-refractivity contribution >= 4 is 16.9 Å². The minimum Gasteiger partial charge on any atom is -0.397 e. The SMILES string of the molecule is Cc1cc(N)c2ncn(CC(C)O)c2n1. The molecule has 0 aliphatic heterocycles. The van der Waals surface area contributed by atoms with E-state index in [4.69, 9.17) is 5.73 Å². The van der Waals surface area contributed by atoms with E-state index in [1.807, 2.05) is 11.5 Å². The summed E-state index contributed by atoms with van der Waals surface area (Å²) in [5.41, 5.74) is 8.73. The highest BCUT2D eigenvalue weighted by atomic mass is 16.3. The van der Waals surface area contributed by atoms with Crippen LogP contribution in [0.15, 0.2) is 12.4 Å². The van der Waals surface area contributed by atoms with Crippen LogP contribution in [0.25, 0.3) is 11.2 Å². The van der Waals surface area contributed by atoms with E-state index >= 15 is 0 Å². The number of aryl methyl sites for hydroxylation is 1. The Kier molecular flexibility index (Phi) is 2.32. The largest absolute Gasteiger partial charge is 0.397 e. The topological polar surface area (TPSA) is 77.0 Å². The summed E-state index contributed by atoms with van der Waals surface area (Å²) < 4.78 is 1.81. The van der Waals surface area contributed by atoms with Gasteiger partial charge in [-0.3, -0.25) is 0 Å². The fraction of sp³-hybridized carbons (Fsp3) is 0.400. The summed E-state index contributed by atoms with van der Waals surface area (Å²) in [6.07, 6.45) is 1.23. The van der Waals surface area contributed by atoms with Gasteiger partial charge in [0.25, 0.3) is 0 Å². The second-order valence-electron chi connectivity index (χ2n) is 3.77. The fourth-order valence-electron chi connectivity index (χ4n) is 1.61. The van der Waals surface area contributed by atoms with Crippen LogP contribution < -0.4 is 5.73 Å². The van der Waals surface area contributed by atoms with Crippen LogP contribution in [0.2, 0.25) is 0 Å². The van der Waals surface area contributed by atoms with Crippen LogP contribution in [0, 0.1) is 6.92 Å². The zero-order valence-electron chi connectivity index (χ0n) is 8.81. The number of aliphatic hydroxyl groups is 1. The van der Waals surface area contributed by atoms with Gasteiger partial charge in [-0.15, -0.1) is 0 Å². The number of pyridine rings is 1. The average Bonchev–Trinajstić information content (AvgIpc) is 2.48. The normalized spacial score (nSPS) is 13.3. The van der Waals surface area contributed by atoms with Crippen molar-refractivity contribution in [2.45, 2.75) is 26.5 Å². The molecule has 5 heteroatoms. The summed E-state index contributed by atoms with van der Waals surface area (Å²) in [7, 11) is 0. The number of aliphatic hydroxyl groups excluding tert-OH is 1. The Morgan fingerprint density at radius 1 is 1.60 bits per heavy atom. The van der Waals surface area contributed by atoms with Crippen molar-refractivity contribution in [1.82, 2.24) is 14.5 Å². The Morgan fingerprint density at radius 2 is 2.33 bits per heavy atom. The number of fused-ring (bicyclic) bond motifs is 1. The van der Waals surface area contributed by atoms with Gasteiger partial charge in [0, 0.05) is 5.69 Å². The zero-order chi connectivity index (χ0) is 11.0. The summed E-state index contributed by atoms with van der Waals surface area (Å²) in [6.45, 7) is 4.09. The van der Waals surface area contributed by atoms with Gasteiger partial charge in [0.15, 0.2) is 5.65 Å². The lowest BCUT2D eigenvalue weighted by Gasteiger charge is -2.06. The van der Waals surface area contributed by atoms with Crippen molar-refractivity contribution in [1.29, 1.82) is 0 Å². The first-order chi connectivity index (χ1) is 7.08. The first kappa shape index (κ1) is 9.92. The minimum absolute atomic E-state index is 0.425. The molecular weight excluding hydrogens is 192 g/mol. The Bertz CT molecular complexity index is 489. The van der Waals surface area contributed by atoms with Gasteiger partial charge in [-0.25, -0.2) is 9.97 Å². The predicted octanol–water partition coefficient (Wildman–Crippen LogP) is 0.703. The number of nitrogen functional groups attached to an aromatic ring is 1. The van der Waals surface area contributed by atoms with E-state index in [-0.39, 0.29) is 0 Å². The second-order valence-corrected chi connectivity index (χ2v) is 3.77. The van der Waals surface area contributed by atoms with Gasteiger partial charge >= 0.3 is 0 Å². The van der Waals surface area contributed by atoms with Crippen LogP contribution >= 0.6 is 0 Å². The van der Waals surface area contributed by atoms with Gasteiger partial charge in [-0.1, -0.05) is 0 Å². The second kappa shape index (κ2) is 3.51. The van der Waals surface area contributed by atoms with Crippen molar-refractivity contribution in [3.05, 3.63) is 18.1 Å². The molecule has 0 spiro atoms. The molecule has 2 rings (SSSR count). The molecule has 5 nitrogen and oxygen atoms in total. The lowest BCUT2D eigenvalue weighted by atomic mass is 10.3. The van der Waals surface area contributed by atoms with E-state index in [1.54, 1.807) is 19.3 Å². The molecule has 0 saturated heterocycles. The number of nitrogens with zero attached hydrogens (tertiary/aromatic N) is 3. The van der Waals surface area contributed by atoms with Crippen molar-refractivity contribution in [3.8, 4) is 0 Å². The van der Waals surface area contributed by atoms with E-state index in [9.17, 15) is 5.11 Å². The zero-order valence-corrected chi connectivity index (χ0v) is 8.81. The quantitative estimate of drug-likeness (QED) is 0.758. The van der Waals surface area contributed by atoms with Crippen LogP contribution in [0.1, 0.15) is 12.6 Å². The number of anilines is 1. The number of rotatable bonds is 2. The molecule has 0 amide bonds. The van der Waals surface area contributed by atoms with E-state index in [0.717, 1.165) is 11.3 Å². The maximum absolute atomic E-state index is 9.31. The van der Waals surface area contributed by atoms with E-state index in [2.05, 4.69) is 9.97 Å². The van der Waals surface area contributed by atoms with Gasteiger partial charge in [0.05, 0.1) is 24.7 Å². The van der Waals surface area contributed by atoms with E-state index < -0.39 is 6.10 Å². The van der Waals surface area contributed by atoms with Crippen LogP contribution in [-0.2, 0) is 6.54 Å². The Labute approximate surface area is 87.6 Å². The van der Waals surface area contributed by atoms with Gasteiger partial charge in [0.1, 0.15) is 5.52 Å². The Morgan fingerprint density at radius 3 is 3.00 bits per heavy atom. The van der Waals surface area contributed by atoms with Gasteiger partial charge in [-0.05, 0) is 19.9 Å². The smallest absolute Gasteiger partial charge is 0.162 e. The molecule has 15 heavy (non-hydrogen) atoms. The molecule has 0 fully saturated rings. The maximum atomic E-state index is 9.31. The van der Waals surface area contributed by atoms with E-state index in [0.29, 0.717) is 17.7 Å². The summed E-state index contributed by atoms with van der Waals surface area (Å²) >= 11 is 0. The number of hydrogen-bond donors (Lipinski definition) is 2. The van der Waals surface area contributed by atoms with Crippen molar-refractivity contribution < 1.29 is 5.11 Å². The van der Waals surface area contributed by atoms with Crippen LogP contribution in [-0.4, -0.2) is 25.7 Å². The molecule has 80 valence electrons. The van der Waals surface area contributed by atoms with Gasteiger partial charge < -0.3 is 15.4 Å². The molecule has 1 atom stereocenters. The van der Waals surface area contributed by atoms with Crippen LogP contribution in [0.4, 0.5) is 5.69 Å². The molecule has 0 aromatic carbocycles. The summed E-state index contributed by atoms with van der Waals surface area (Å²) in [5, 5.41) is 9.31. The third kappa shape index (κ3) is 1.78. The molecule has 0 radical (unpaired) electrons. The highest BCUT2D eigenvalue weighted by Crippen LogP contribution is 2.18. The molecule has 0 saturated carbocycles. The lowest BCUT2D eigenvalue weighted by molar-refractivity contribution is 0.175. The standard InChI is InChI=1S/C10H14N4O/c1-6-3-8(11)9-10(13-6)14(5-12-9)4-7(2)15/h3,5,7,15H,4H2,1-2H3,(H2,11,13). The van der Waals surface area contributed by atoms with Crippen LogP contribution in [0.5, 0.6) is 0 Å². The summed E-state index contributed by atoms with van der Waals surface area (Å²) in [4.78, 5) is 8.54. The molecule has 0 bridgehead atoms. The Balaban J connectivity index is 2.58. The molecule has 0 aliphatic rings. The minimum atomic E-state index is -0.425. The average molecular weight is 206 g/mol. The number of imidazole rings is 1.